The van der Waals surface area contributed by atoms with Crippen LogP contribution in [-0.4, -0.2) is 12.7 Å². The molecule has 0 amide bonds. The molecular formula is C15H13ClF2N2O. The highest BCUT2D eigenvalue weighted by Gasteiger charge is 2.51. The minimum atomic E-state index is -1.16. The zero-order valence-corrected chi connectivity index (χ0v) is 11.7. The van der Waals surface area contributed by atoms with Crippen molar-refractivity contribution in [1.29, 1.82) is 0 Å². The average Bonchev–Trinajstić information content (AvgIpc) is 3.29. The van der Waals surface area contributed by atoms with Gasteiger partial charge in [0.15, 0.2) is 0 Å². The van der Waals surface area contributed by atoms with Crippen molar-refractivity contribution in [3.8, 4) is 0 Å². The molecule has 0 aromatic heterocycles. The lowest BCUT2D eigenvalue weighted by atomic mass is 9.80. The number of epoxide rings is 1. The van der Waals surface area contributed by atoms with Crippen LogP contribution in [0.1, 0.15) is 11.1 Å². The van der Waals surface area contributed by atoms with Crippen molar-refractivity contribution in [2.24, 2.45) is 5.84 Å². The van der Waals surface area contributed by atoms with Crippen molar-refractivity contribution in [3.05, 3.63) is 70.2 Å². The summed E-state index contributed by atoms with van der Waals surface area (Å²) in [6.45, 7) is 0.409. The lowest BCUT2D eigenvalue weighted by Crippen LogP contribution is -2.52. The average molecular weight is 311 g/mol. The molecule has 1 aliphatic heterocycles. The molecule has 0 spiro atoms. The first kappa shape index (κ1) is 14.4. The van der Waals surface area contributed by atoms with E-state index in [9.17, 15) is 8.78 Å². The normalized spacial score (nSPS) is 20.1. The van der Waals surface area contributed by atoms with Crippen LogP contribution in [-0.2, 0) is 10.3 Å². The Morgan fingerprint density at radius 3 is 2.48 bits per heavy atom. The fraction of sp³-hybridized carbons (Fsp3) is 0.200. The molecule has 0 aliphatic carbocycles. The lowest BCUT2D eigenvalue weighted by molar-refractivity contribution is 0.271. The molecule has 110 valence electrons. The van der Waals surface area contributed by atoms with Crippen molar-refractivity contribution < 1.29 is 13.5 Å². The van der Waals surface area contributed by atoms with Gasteiger partial charge in [-0.25, -0.2) is 14.2 Å². The van der Waals surface area contributed by atoms with Crippen molar-refractivity contribution in [3.63, 3.8) is 0 Å². The van der Waals surface area contributed by atoms with Crippen molar-refractivity contribution >= 4 is 11.6 Å². The van der Waals surface area contributed by atoms with Gasteiger partial charge in [0, 0.05) is 16.7 Å². The highest BCUT2D eigenvalue weighted by Crippen LogP contribution is 2.43. The van der Waals surface area contributed by atoms with Gasteiger partial charge in [-0.1, -0.05) is 35.9 Å². The molecule has 6 heteroatoms. The molecule has 3 rings (SSSR count). The second-order valence-electron chi connectivity index (χ2n) is 4.88. The summed E-state index contributed by atoms with van der Waals surface area (Å²) >= 11 is 6.25. The van der Waals surface area contributed by atoms with Gasteiger partial charge in [-0.15, -0.1) is 0 Å². The van der Waals surface area contributed by atoms with Crippen molar-refractivity contribution in [2.75, 3.05) is 6.61 Å². The van der Waals surface area contributed by atoms with Crippen LogP contribution in [0.4, 0.5) is 8.78 Å². The fourth-order valence-corrected chi connectivity index (χ4v) is 2.91. The van der Waals surface area contributed by atoms with Crippen molar-refractivity contribution in [1.82, 2.24) is 5.43 Å². The predicted molar refractivity (Wildman–Crippen MR) is 75.7 cm³/mol. The maximum absolute atomic E-state index is 14.3. The number of halogens is 3. The molecule has 1 heterocycles. The SMILES string of the molecule is NNC(c1ccc(F)cc1F)(c1ccccc1Cl)C1CO1. The third kappa shape index (κ3) is 2.32. The van der Waals surface area contributed by atoms with E-state index >= 15 is 0 Å². The van der Waals surface area contributed by atoms with Crippen LogP contribution in [0, 0.1) is 11.6 Å². The number of benzene rings is 2. The summed E-state index contributed by atoms with van der Waals surface area (Å²) < 4.78 is 32.8. The molecule has 2 atom stereocenters. The Hall–Kier alpha value is -1.53. The Morgan fingerprint density at radius 1 is 1.19 bits per heavy atom. The molecule has 1 saturated heterocycles. The third-order valence-corrected chi connectivity index (χ3v) is 4.03. The molecule has 21 heavy (non-hydrogen) atoms. The van der Waals surface area contributed by atoms with E-state index in [0.717, 1.165) is 6.07 Å². The van der Waals surface area contributed by atoms with Crippen molar-refractivity contribution in [2.45, 2.75) is 11.6 Å². The molecule has 2 aromatic carbocycles. The Kier molecular flexibility index (Phi) is 3.67. The standard InChI is InChI=1S/C15H13ClF2N2O/c16-12-4-2-1-3-10(12)15(20-19,14-8-21-14)11-6-5-9(17)7-13(11)18/h1-7,14,20H,8,19H2. The molecule has 0 saturated carbocycles. The summed E-state index contributed by atoms with van der Waals surface area (Å²) in [5, 5.41) is 0.426. The zero-order chi connectivity index (χ0) is 15.0. The summed E-state index contributed by atoms with van der Waals surface area (Å²) in [4.78, 5) is 0. The number of rotatable bonds is 4. The van der Waals surface area contributed by atoms with Gasteiger partial charge in [-0.05, 0) is 17.7 Å². The summed E-state index contributed by atoms with van der Waals surface area (Å²) in [6, 6.07) is 10.3. The number of hydrazine groups is 1. The molecular weight excluding hydrogens is 298 g/mol. The fourth-order valence-electron chi connectivity index (χ4n) is 2.63. The third-order valence-electron chi connectivity index (χ3n) is 3.70. The van der Waals surface area contributed by atoms with E-state index in [4.69, 9.17) is 22.2 Å². The van der Waals surface area contributed by atoms with Gasteiger partial charge < -0.3 is 4.74 Å². The highest BCUT2D eigenvalue weighted by atomic mass is 35.5. The molecule has 3 nitrogen and oxygen atoms in total. The first-order valence-electron chi connectivity index (χ1n) is 6.39. The van der Waals surface area contributed by atoms with E-state index in [-0.39, 0.29) is 11.7 Å². The van der Waals surface area contributed by atoms with Crippen LogP contribution in [0.3, 0.4) is 0 Å². The molecule has 2 unspecified atom stereocenters. The Bertz CT molecular complexity index is 678. The quantitative estimate of drug-likeness (QED) is 0.519. The second kappa shape index (κ2) is 5.35. The molecule has 0 radical (unpaired) electrons. The van der Waals surface area contributed by atoms with Gasteiger partial charge >= 0.3 is 0 Å². The monoisotopic (exact) mass is 310 g/mol. The minimum absolute atomic E-state index is 0.196. The van der Waals surface area contributed by atoms with E-state index in [2.05, 4.69) is 5.43 Å². The van der Waals surface area contributed by atoms with Gasteiger partial charge in [-0.3, -0.25) is 5.84 Å². The largest absolute Gasteiger partial charge is 0.370 e. The topological polar surface area (TPSA) is 50.6 Å². The summed E-state index contributed by atoms with van der Waals surface area (Å²) in [7, 11) is 0. The van der Waals surface area contributed by atoms with E-state index in [0.29, 0.717) is 17.2 Å². The first-order valence-corrected chi connectivity index (χ1v) is 6.77. The van der Waals surface area contributed by atoms with Gasteiger partial charge in [0.25, 0.3) is 0 Å². The molecule has 1 fully saturated rings. The van der Waals surface area contributed by atoms with E-state index in [1.54, 1.807) is 24.3 Å². The number of nitrogens with one attached hydrogen (secondary N) is 1. The maximum Gasteiger partial charge on any atom is 0.131 e. The van der Waals surface area contributed by atoms with Gasteiger partial charge in [0.05, 0.1) is 6.61 Å². The highest BCUT2D eigenvalue weighted by molar-refractivity contribution is 6.31. The molecule has 2 aromatic rings. The second-order valence-corrected chi connectivity index (χ2v) is 5.29. The lowest BCUT2D eigenvalue weighted by Gasteiger charge is -2.33. The summed E-state index contributed by atoms with van der Waals surface area (Å²) in [5.41, 5.74) is 2.26. The number of nitrogens with two attached hydrogens (primary N) is 1. The van der Waals surface area contributed by atoms with Gasteiger partial charge in [0.2, 0.25) is 0 Å². The molecule has 3 N–H and O–H groups in total. The Morgan fingerprint density at radius 2 is 1.90 bits per heavy atom. The van der Waals surface area contributed by atoms with Crippen LogP contribution in [0.25, 0.3) is 0 Å². The minimum Gasteiger partial charge on any atom is -0.370 e. The predicted octanol–water partition coefficient (Wildman–Crippen LogP) is 2.72. The van der Waals surface area contributed by atoms with E-state index in [1.807, 2.05) is 0 Å². The number of hydrogen-bond donors (Lipinski definition) is 2. The van der Waals surface area contributed by atoms with Crippen LogP contribution in [0.2, 0.25) is 5.02 Å². The van der Waals surface area contributed by atoms with E-state index < -0.39 is 17.2 Å². The zero-order valence-electron chi connectivity index (χ0n) is 10.9. The first-order chi connectivity index (χ1) is 10.1. The maximum atomic E-state index is 14.3. The summed E-state index contributed by atoms with van der Waals surface area (Å²) in [5.74, 6) is 4.38. The number of ether oxygens (including phenoxy) is 1. The molecule has 1 aliphatic rings. The van der Waals surface area contributed by atoms with Crippen LogP contribution in [0.5, 0.6) is 0 Å². The number of hydrogen-bond acceptors (Lipinski definition) is 3. The van der Waals surface area contributed by atoms with Crippen LogP contribution >= 0.6 is 11.6 Å². The van der Waals surface area contributed by atoms with Gasteiger partial charge in [-0.2, -0.15) is 0 Å². The van der Waals surface area contributed by atoms with Crippen LogP contribution in [0.15, 0.2) is 42.5 Å². The van der Waals surface area contributed by atoms with Gasteiger partial charge in [0.1, 0.15) is 23.3 Å². The smallest absolute Gasteiger partial charge is 0.131 e. The Balaban J connectivity index is 2.25. The Labute approximate surface area is 125 Å². The molecule has 0 bridgehead atoms. The summed E-state index contributed by atoms with van der Waals surface area (Å²) in [6.07, 6.45) is -0.373. The van der Waals surface area contributed by atoms with Crippen LogP contribution < -0.4 is 11.3 Å². The van der Waals surface area contributed by atoms with E-state index in [1.165, 1.54) is 12.1 Å².